The van der Waals surface area contributed by atoms with Gasteiger partial charge in [-0.2, -0.15) is 0 Å². The number of rotatable bonds is 4. The van der Waals surface area contributed by atoms with Crippen molar-refractivity contribution in [2.45, 2.75) is 13.0 Å². The first-order valence-electron chi connectivity index (χ1n) is 5.80. The van der Waals surface area contributed by atoms with E-state index in [2.05, 4.69) is 15.9 Å². The van der Waals surface area contributed by atoms with Crippen LogP contribution in [-0.4, -0.2) is 23.0 Å². The van der Waals surface area contributed by atoms with E-state index in [0.717, 1.165) is 14.2 Å². The Morgan fingerprint density at radius 2 is 1.95 bits per heavy atom. The van der Waals surface area contributed by atoms with Crippen LogP contribution in [-0.2, 0) is 17.8 Å². The topological polar surface area (TPSA) is 40.5 Å². The number of carbonyl (C=O) groups excluding carboxylic acids is 1. The summed E-state index contributed by atoms with van der Waals surface area (Å²) in [6, 6.07) is 10.7. The first-order valence-corrected chi connectivity index (χ1v) is 7.41. The minimum absolute atomic E-state index is 0.0650. The molecular weight excluding hydrogens is 326 g/mol. The lowest BCUT2D eigenvalue weighted by atomic mass is 10.1. The maximum atomic E-state index is 12.1. The molecule has 0 unspecified atom stereocenters. The minimum Gasteiger partial charge on any atom is -0.508 e. The van der Waals surface area contributed by atoms with Crippen molar-refractivity contribution in [3.05, 3.63) is 50.6 Å². The van der Waals surface area contributed by atoms with Crippen LogP contribution < -0.4 is 0 Å². The number of amides is 1. The molecule has 0 aliphatic rings. The molecule has 1 aromatic carbocycles. The first-order chi connectivity index (χ1) is 9.04. The van der Waals surface area contributed by atoms with Crippen molar-refractivity contribution in [1.82, 2.24) is 4.90 Å². The first kappa shape index (κ1) is 14.1. The van der Waals surface area contributed by atoms with E-state index >= 15 is 0 Å². The smallest absolute Gasteiger partial charge is 0.227 e. The number of aromatic hydroxyl groups is 1. The monoisotopic (exact) mass is 339 g/mol. The van der Waals surface area contributed by atoms with Crippen LogP contribution >= 0.6 is 27.3 Å². The number of benzene rings is 1. The molecule has 0 radical (unpaired) electrons. The van der Waals surface area contributed by atoms with E-state index in [-0.39, 0.29) is 11.7 Å². The molecule has 2 aromatic rings. The maximum absolute atomic E-state index is 12.1. The SMILES string of the molecule is CN(Cc1ccc(Br)s1)C(=O)Cc1ccc(O)cc1. The van der Waals surface area contributed by atoms with Crippen molar-refractivity contribution in [2.24, 2.45) is 0 Å². The molecule has 1 N–H and O–H groups in total. The second kappa shape index (κ2) is 6.21. The Morgan fingerprint density at radius 1 is 1.26 bits per heavy atom. The van der Waals surface area contributed by atoms with E-state index in [0.29, 0.717) is 13.0 Å². The number of hydrogen-bond donors (Lipinski definition) is 1. The van der Waals surface area contributed by atoms with Crippen molar-refractivity contribution in [3.63, 3.8) is 0 Å². The fraction of sp³-hybridized carbons (Fsp3) is 0.214. The minimum atomic E-state index is 0.0650. The summed E-state index contributed by atoms with van der Waals surface area (Å²) < 4.78 is 1.07. The molecule has 0 atom stereocenters. The van der Waals surface area contributed by atoms with Crippen molar-refractivity contribution < 1.29 is 9.90 Å². The normalized spacial score (nSPS) is 10.4. The van der Waals surface area contributed by atoms with Gasteiger partial charge in [0.2, 0.25) is 5.91 Å². The van der Waals surface area contributed by atoms with Crippen molar-refractivity contribution >= 4 is 33.2 Å². The molecule has 0 aliphatic heterocycles. The van der Waals surface area contributed by atoms with Gasteiger partial charge in [-0.25, -0.2) is 0 Å². The maximum Gasteiger partial charge on any atom is 0.227 e. The van der Waals surface area contributed by atoms with Crippen molar-refractivity contribution in [2.75, 3.05) is 7.05 Å². The summed E-state index contributed by atoms with van der Waals surface area (Å²) in [7, 11) is 1.80. The molecule has 5 heteroatoms. The molecule has 0 saturated carbocycles. The van der Waals surface area contributed by atoms with Gasteiger partial charge in [0.25, 0.3) is 0 Å². The molecule has 1 amide bonds. The molecule has 1 aromatic heterocycles. The summed E-state index contributed by atoms with van der Waals surface area (Å²) in [6.07, 6.45) is 0.351. The van der Waals surface area contributed by atoms with Crippen molar-refractivity contribution in [3.8, 4) is 5.75 Å². The zero-order valence-corrected chi connectivity index (χ0v) is 12.9. The molecule has 0 aliphatic carbocycles. The molecule has 100 valence electrons. The van der Waals surface area contributed by atoms with Gasteiger partial charge in [-0.05, 0) is 45.8 Å². The molecule has 0 fully saturated rings. The fourth-order valence-electron chi connectivity index (χ4n) is 1.68. The molecular formula is C14H14BrNO2S. The third-order valence-electron chi connectivity index (χ3n) is 2.74. The van der Waals surface area contributed by atoms with E-state index in [9.17, 15) is 9.90 Å². The highest BCUT2D eigenvalue weighted by atomic mass is 79.9. The largest absolute Gasteiger partial charge is 0.508 e. The highest BCUT2D eigenvalue weighted by Gasteiger charge is 2.11. The van der Waals surface area contributed by atoms with Gasteiger partial charge in [0.1, 0.15) is 5.75 Å². The second-order valence-electron chi connectivity index (χ2n) is 4.30. The van der Waals surface area contributed by atoms with Crippen molar-refractivity contribution in [1.29, 1.82) is 0 Å². The number of halogens is 1. The number of nitrogens with zero attached hydrogens (tertiary/aromatic N) is 1. The lowest BCUT2D eigenvalue weighted by molar-refractivity contribution is -0.129. The highest BCUT2D eigenvalue weighted by Crippen LogP contribution is 2.23. The Labute approximate surface area is 124 Å². The van der Waals surface area contributed by atoms with Gasteiger partial charge in [0, 0.05) is 11.9 Å². The Hall–Kier alpha value is -1.33. The van der Waals surface area contributed by atoms with Gasteiger partial charge in [-0.3, -0.25) is 4.79 Å². The number of carbonyl (C=O) groups is 1. The zero-order chi connectivity index (χ0) is 13.8. The van der Waals surface area contributed by atoms with Crippen LogP contribution in [0.5, 0.6) is 5.75 Å². The fourth-order valence-corrected chi connectivity index (χ4v) is 3.22. The molecule has 3 nitrogen and oxygen atoms in total. The summed E-state index contributed by atoms with van der Waals surface area (Å²) in [4.78, 5) is 14.9. The van der Waals surface area contributed by atoms with Crippen LogP contribution in [0.3, 0.4) is 0 Å². The Morgan fingerprint density at radius 3 is 2.53 bits per heavy atom. The summed E-state index contributed by atoms with van der Waals surface area (Å²) >= 11 is 5.04. The van der Waals surface area contributed by atoms with E-state index in [1.807, 2.05) is 12.1 Å². The Kier molecular flexibility index (Phi) is 4.61. The highest BCUT2D eigenvalue weighted by molar-refractivity contribution is 9.11. The summed E-state index contributed by atoms with van der Waals surface area (Å²) in [5.74, 6) is 0.281. The average Bonchev–Trinajstić information content (AvgIpc) is 2.77. The Bertz CT molecular complexity index is 565. The zero-order valence-electron chi connectivity index (χ0n) is 10.5. The van der Waals surface area contributed by atoms with Crippen LogP contribution in [0.4, 0.5) is 0 Å². The summed E-state index contributed by atoms with van der Waals surface area (Å²) in [6.45, 7) is 0.618. The number of phenols is 1. The Balaban J connectivity index is 1.94. The molecule has 0 bridgehead atoms. The second-order valence-corrected chi connectivity index (χ2v) is 6.85. The van der Waals surface area contributed by atoms with Gasteiger partial charge in [0.05, 0.1) is 16.8 Å². The van der Waals surface area contributed by atoms with Gasteiger partial charge in [-0.15, -0.1) is 11.3 Å². The molecule has 19 heavy (non-hydrogen) atoms. The predicted octanol–water partition coefficient (Wildman–Crippen LogP) is 3.42. The van der Waals surface area contributed by atoms with E-state index in [4.69, 9.17) is 0 Å². The lowest BCUT2D eigenvalue weighted by Crippen LogP contribution is -2.27. The van der Waals surface area contributed by atoms with Gasteiger partial charge in [-0.1, -0.05) is 12.1 Å². The van der Waals surface area contributed by atoms with Crippen LogP contribution in [0, 0.1) is 0 Å². The van der Waals surface area contributed by atoms with Crippen LogP contribution in [0.2, 0.25) is 0 Å². The quantitative estimate of drug-likeness (QED) is 0.927. The number of thiophene rings is 1. The molecule has 2 rings (SSSR count). The third kappa shape index (κ3) is 4.08. The van der Waals surface area contributed by atoms with E-state index in [1.165, 1.54) is 0 Å². The van der Waals surface area contributed by atoms with Gasteiger partial charge < -0.3 is 10.0 Å². The third-order valence-corrected chi connectivity index (χ3v) is 4.35. The lowest BCUT2D eigenvalue weighted by Gasteiger charge is -2.16. The van der Waals surface area contributed by atoms with Gasteiger partial charge >= 0.3 is 0 Å². The summed E-state index contributed by atoms with van der Waals surface area (Å²) in [5.41, 5.74) is 0.905. The van der Waals surface area contributed by atoms with Crippen LogP contribution in [0.1, 0.15) is 10.4 Å². The van der Waals surface area contributed by atoms with E-state index in [1.54, 1.807) is 47.5 Å². The van der Waals surface area contributed by atoms with Crippen LogP contribution in [0.15, 0.2) is 40.2 Å². The van der Waals surface area contributed by atoms with Crippen LogP contribution in [0.25, 0.3) is 0 Å². The van der Waals surface area contributed by atoms with E-state index < -0.39 is 0 Å². The summed E-state index contributed by atoms with van der Waals surface area (Å²) in [5, 5.41) is 9.20. The average molecular weight is 340 g/mol. The number of likely N-dealkylation sites (N-methyl/N-ethyl adjacent to an activating group) is 1. The number of phenolic OH excluding ortho intramolecular Hbond substituents is 1. The predicted molar refractivity (Wildman–Crippen MR) is 80.3 cm³/mol. The van der Waals surface area contributed by atoms with Gasteiger partial charge in [0.15, 0.2) is 0 Å². The molecule has 0 spiro atoms. The molecule has 1 heterocycles. The standard InChI is InChI=1S/C14H14BrNO2S/c1-16(9-12-6-7-13(15)19-12)14(18)8-10-2-4-11(17)5-3-10/h2-7,17H,8-9H2,1H3. The molecule has 0 saturated heterocycles. The number of hydrogen-bond acceptors (Lipinski definition) is 3.